The molecule has 0 saturated carbocycles. The molecule has 1 amide bonds. The Balaban J connectivity index is 2.34. The Bertz CT molecular complexity index is 178. The molecule has 76 valence electrons. The van der Waals surface area contributed by atoms with Crippen molar-refractivity contribution in [1.29, 1.82) is 0 Å². The highest BCUT2D eigenvalue weighted by Gasteiger charge is 2.22. The fourth-order valence-electron chi connectivity index (χ4n) is 1.47. The van der Waals surface area contributed by atoms with Crippen molar-refractivity contribution < 1.29 is 15.0 Å². The van der Waals surface area contributed by atoms with Gasteiger partial charge in [-0.1, -0.05) is 0 Å². The maximum atomic E-state index is 10.6. The summed E-state index contributed by atoms with van der Waals surface area (Å²) in [6.07, 6.45) is -0.851. The third-order valence-corrected chi connectivity index (χ3v) is 2.47. The molecule has 5 heteroatoms. The molecular weight excluding hydrogens is 172 g/mol. The average molecular weight is 188 g/mol. The van der Waals surface area contributed by atoms with Crippen LogP contribution in [0.3, 0.4) is 0 Å². The normalized spacial score (nSPS) is 21.5. The second kappa shape index (κ2) is 4.43. The van der Waals surface area contributed by atoms with Crippen molar-refractivity contribution in [2.24, 2.45) is 0 Å². The van der Waals surface area contributed by atoms with Crippen LogP contribution >= 0.6 is 0 Å². The minimum atomic E-state index is -0.851. The third-order valence-electron chi connectivity index (χ3n) is 2.47. The molecule has 1 aliphatic heterocycles. The first-order valence-corrected chi connectivity index (χ1v) is 4.48. The monoisotopic (exact) mass is 188 g/mol. The number of amides is 1. The Labute approximate surface area is 77.6 Å². The number of aliphatic hydroxyl groups is 1. The number of carbonyl (C=O) groups is 1. The van der Waals surface area contributed by atoms with Crippen molar-refractivity contribution in [1.82, 2.24) is 9.80 Å². The maximum absolute atomic E-state index is 10.6. The molecule has 1 heterocycles. The van der Waals surface area contributed by atoms with Gasteiger partial charge in [-0.3, -0.25) is 4.90 Å². The molecule has 1 fully saturated rings. The fraction of sp³-hybridized carbons (Fsp3) is 0.875. The number of rotatable bonds is 2. The zero-order valence-corrected chi connectivity index (χ0v) is 7.81. The summed E-state index contributed by atoms with van der Waals surface area (Å²) < 4.78 is 0. The predicted octanol–water partition coefficient (Wildman–Crippen LogP) is -0.337. The van der Waals surface area contributed by atoms with Crippen molar-refractivity contribution in [3.05, 3.63) is 0 Å². The van der Waals surface area contributed by atoms with E-state index in [4.69, 9.17) is 10.2 Å². The van der Waals surface area contributed by atoms with Crippen molar-refractivity contribution in [3.8, 4) is 0 Å². The summed E-state index contributed by atoms with van der Waals surface area (Å²) in [7, 11) is 0. The highest BCUT2D eigenvalue weighted by Crippen LogP contribution is 2.05. The SMILES string of the molecule is CC(CO)N1CCN(C(=O)O)CC1. The van der Waals surface area contributed by atoms with E-state index >= 15 is 0 Å². The lowest BCUT2D eigenvalue weighted by molar-refractivity contribution is 0.0694. The molecule has 0 radical (unpaired) electrons. The summed E-state index contributed by atoms with van der Waals surface area (Å²) in [5.41, 5.74) is 0. The van der Waals surface area contributed by atoms with Gasteiger partial charge >= 0.3 is 6.09 Å². The molecule has 1 aliphatic rings. The van der Waals surface area contributed by atoms with Gasteiger partial charge in [0.15, 0.2) is 0 Å². The topological polar surface area (TPSA) is 64.0 Å². The van der Waals surface area contributed by atoms with Crippen molar-refractivity contribution >= 4 is 6.09 Å². The highest BCUT2D eigenvalue weighted by atomic mass is 16.4. The molecule has 0 aliphatic carbocycles. The summed E-state index contributed by atoms with van der Waals surface area (Å²) in [6.45, 7) is 4.59. The van der Waals surface area contributed by atoms with Crippen LogP contribution in [-0.2, 0) is 0 Å². The van der Waals surface area contributed by atoms with Crippen molar-refractivity contribution in [3.63, 3.8) is 0 Å². The standard InChI is InChI=1S/C8H16N2O3/c1-7(6-11)9-2-4-10(5-3-9)8(12)13/h7,11H,2-6H2,1H3,(H,12,13). The number of carboxylic acid groups (broad SMARTS) is 1. The van der Waals surface area contributed by atoms with E-state index in [0.29, 0.717) is 26.2 Å². The Kier molecular flexibility index (Phi) is 3.50. The lowest BCUT2D eigenvalue weighted by atomic mass is 10.2. The molecule has 1 saturated heterocycles. The summed E-state index contributed by atoms with van der Waals surface area (Å²) in [5, 5.41) is 17.6. The molecule has 1 unspecified atom stereocenters. The molecule has 13 heavy (non-hydrogen) atoms. The molecule has 1 atom stereocenters. The first-order valence-electron chi connectivity index (χ1n) is 4.48. The van der Waals surface area contributed by atoms with E-state index in [9.17, 15) is 4.79 Å². The molecule has 0 bridgehead atoms. The van der Waals surface area contributed by atoms with E-state index in [-0.39, 0.29) is 12.6 Å². The predicted molar refractivity (Wildman–Crippen MR) is 47.7 cm³/mol. The second-order valence-corrected chi connectivity index (χ2v) is 3.34. The fourth-order valence-corrected chi connectivity index (χ4v) is 1.47. The van der Waals surface area contributed by atoms with Crippen LogP contribution in [0.25, 0.3) is 0 Å². The number of nitrogens with zero attached hydrogens (tertiary/aromatic N) is 2. The van der Waals surface area contributed by atoms with Crippen LogP contribution in [-0.4, -0.2) is 64.9 Å². The number of piperazine rings is 1. The highest BCUT2D eigenvalue weighted by molar-refractivity contribution is 5.65. The maximum Gasteiger partial charge on any atom is 0.407 e. The van der Waals surface area contributed by atoms with Gasteiger partial charge in [0.05, 0.1) is 6.61 Å². The van der Waals surface area contributed by atoms with Crippen LogP contribution in [0.4, 0.5) is 4.79 Å². The van der Waals surface area contributed by atoms with E-state index < -0.39 is 6.09 Å². The number of aliphatic hydroxyl groups excluding tert-OH is 1. The second-order valence-electron chi connectivity index (χ2n) is 3.34. The van der Waals surface area contributed by atoms with E-state index in [0.717, 1.165) is 0 Å². The van der Waals surface area contributed by atoms with E-state index in [1.165, 1.54) is 4.90 Å². The Hall–Kier alpha value is -0.810. The zero-order chi connectivity index (χ0) is 9.84. The molecule has 5 nitrogen and oxygen atoms in total. The van der Waals surface area contributed by atoms with Gasteiger partial charge in [0.1, 0.15) is 0 Å². The van der Waals surface area contributed by atoms with Crippen LogP contribution in [0.5, 0.6) is 0 Å². The molecule has 0 aromatic carbocycles. The van der Waals surface area contributed by atoms with Crippen LogP contribution in [0.15, 0.2) is 0 Å². The summed E-state index contributed by atoms with van der Waals surface area (Å²) in [5.74, 6) is 0. The van der Waals surface area contributed by atoms with Gasteiger partial charge in [0.2, 0.25) is 0 Å². The average Bonchev–Trinajstić information content (AvgIpc) is 2.17. The molecule has 0 spiro atoms. The van der Waals surface area contributed by atoms with Crippen molar-refractivity contribution in [2.45, 2.75) is 13.0 Å². The molecule has 0 aromatic heterocycles. The van der Waals surface area contributed by atoms with E-state index in [1.807, 2.05) is 6.92 Å². The minimum absolute atomic E-state index is 0.132. The van der Waals surface area contributed by atoms with Gasteiger partial charge in [-0.2, -0.15) is 0 Å². The molecule has 1 rings (SSSR count). The van der Waals surface area contributed by atoms with Gasteiger partial charge in [-0.15, -0.1) is 0 Å². The van der Waals surface area contributed by atoms with Gasteiger partial charge in [-0.05, 0) is 6.92 Å². The largest absolute Gasteiger partial charge is 0.465 e. The van der Waals surface area contributed by atoms with Gasteiger partial charge in [0.25, 0.3) is 0 Å². The summed E-state index contributed by atoms with van der Waals surface area (Å²) >= 11 is 0. The quantitative estimate of drug-likeness (QED) is 0.622. The zero-order valence-electron chi connectivity index (χ0n) is 7.81. The molecule has 0 aromatic rings. The van der Waals surface area contributed by atoms with Crippen LogP contribution in [0.1, 0.15) is 6.92 Å². The Morgan fingerprint density at radius 2 is 1.92 bits per heavy atom. The lowest BCUT2D eigenvalue weighted by Gasteiger charge is -2.36. The minimum Gasteiger partial charge on any atom is -0.465 e. The van der Waals surface area contributed by atoms with Crippen LogP contribution in [0, 0.1) is 0 Å². The van der Waals surface area contributed by atoms with Gasteiger partial charge < -0.3 is 15.1 Å². The molecular formula is C8H16N2O3. The molecule has 2 N–H and O–H groups in total. The lowest BCUT2D eigenvalue weighted by Crippen LogP contribution is -2.51. The van der Waals surface area contributed by atoms with E-state index in [1.54, 1.807) is 0 Å². The third kappa shape index (κ3) is 2.57. The summed E-state index contributed by atoms with van der Waals surface area (Å²) in [6, 6.07) is 0.135. The summed E-state index contributed by atoms with van der Waals surface area (Å²) in [4.78, 5) is 14.1. The van der Waals surface area contributed by atoms with Gasteiger partial charge in [-0.25, -0.2) is 4.79 Å². The van der Waals surface area contributed by atoms with Crippen molar-refractivity contribution in [2.75, 3.05) is 32.8 Å². The first kappa shape index (κ1) is 10.3. The van der Waals surface area contributed by atoms with Gasteiger partial charge in [0, 0.05) is 32.2 Å². The Morgan fingerprint density at radius 1 is 1.38 bits per heavy atom. The van der Waals surface area contributed by atoms with E-state index in [2.05, 4.69) is 4.90 Å². The Morgan fingerprint density at radius 3 is 2.31 bits per heavy atom. The number of hydrogen-bond acceptors (Lipinski definition) is 3. The smallest absolute Gasteiger partial charge is 0.407 e. The van der Waals surface area contributed by atoms with Crippen LogP contribution < -0.4 is 0 Å². The van der Waals surface area contributed by atoms with Crippen LogP contribution in [0.2, 0.25) is 0 Å². The number of hydrogen-bond donors (Lipinski definition) is 2. The first-order chi connectivity index (χ1) is 6.15.